The smallest absolute Gasteiger partial charge is 0.249 e. The molecule has 23 heavy (non-hydrogen) atoms. The highest BCUT2D eigenvalue weighted by molar-refractivity contribution is 8.01. The van der Waals surface area contributed by atoms with Crippen molar-refractivity contribution in [3.63, 3.8) is 0 Å². The van der Waals surface area contributed by atoms with E-state index in [9.17, 15) is 9.59 Å². The molecule has 2 aliphatic rings. The summed E-state index contributed by atoms with van der Waals surface area (Å²) in [6.07, 6.45) is 1.34. The molecule has 1 aromatic carbocycles. The van der Waals surface area contributed by atoms with Crippen LogP contribution in [0.1, 0.15) is 19.8 Å². The Hall–Kier alpha value is -2.08. The minimum atomic E-state index is -0.409. The molecule has 2 saturated heterocycles. The summed E-state index contributed by atoms with van der Waals surface area (Å²) in [4.78, 5) is 30.7. The molecular formula is C17H17N3O2S. The standard InChI is InChI=1S/C17H17N3O2S/c1-17-9-8-15(21)20(17)13(10-23-17)16(22)19-14-7-6-11-4-2-3-5-12(11)18-14/h2-7,13H,8-10H2,1H3,(H,18,19,22)/t13-,17+/m0/s1. The summed E-state index contributed by atoms with van der Waals surface area (Å²) < 4.78 is 0. The molecule has 1 N–H and O–H groups in total. The molecule has 0 unspecified atom stereocenters. The van der Waals surface area contributed by atoms with Crippen LogP contribution in [0.5, 0.6) is 0 Å². The van der Waals surface area contributed by atoms with Crippen LogP contribution in [0.2, 0.25) is 0 Å². The SMILES string of the molecule is C[C@@]12CCC(=O)N1[C@H](C(=O)Nc1ccc3ccccc3n1)CS2. The number of benzene rings is 1. The van der Waals surface area contributed by atoms with Gasteiger partial charge in [0.05, 0.1) is 10.4 Å². The highest BCUT2D eigenvalue weighted by Crippen LogP contribution is 2.47. The summed E-state index contributed by atoms with van der Waals surface area (Å²) in [7, 11) is 0. The van der Waals surface area contributed by atoms with Crippen molar-refractivity contribution < 1.29 is 9.59 Å². The van der Waals surface area contributed by atoms with Crippen molar-refractivity contribution >= 4 is 40.3 Å². The number of thioether (sulfide) groups is 1. The van der Waals surface area contributed by atoms with Crippen molar-refractivity contribution in [2.45, 2.75) is 30.7 Å². The van der Waals surface area contributed by atoms with Crippen LogP contribution in [0.25, 0.3) is 10.9 Å². The number of aromatic nitrogens is 1. The van der Waals surface area contributed by atoms with Crippen molar-refractivity contribution in [2.75, 3.05) is 11.1 Å². The van der Waals surface area contributed by atoms with Crippen LogP contribution in [-0.4, -0.2) is 38.4 Å². The van der Waals surface area contributed by atoms with Crippen LogP contribution in [0.15, 0.2) is 36.4 Å². The van der Waals surface area contributed by atoms with E-state index in [0.717, 1.165) is 17.3 Å². The lowest BCUT2D eigenvalue weighted by Crippen LogP contribution is -2.48. The minimum absolute atomic E-state index is 0.0733. The predicted molar refractivity (Wildman–Crippen MR) is 91.1 cm³/mol. The van der Waals surface area contributed by atoms with Gasteiger partial charge in [-0.3, -0.25) is 9.59 Å². The van der Waals surface area contributed by atoms with E-state index in [2.05, 4.69) is 10.3 Å². The number of anilines is 1. The van der Waals surface area contributed by atoms with E-state index in [1.165, 1.54) is 0 Å². The molecule has 0 saturated carbocycles. The zero-order valence-corrected chi connectivity index (χ0v) is 13.6. The maximum absolute atomic E-state index is 12.6. The molecule has 2 amide bonds. The number of carbonyl (C=O) groups excluding carboxylic acids is 2. The Balaban J connectivity index is 1.56. The van der Waals surface area contributed by atoms with Gasteiger partial charge < -0.3 is 10.2 Å². The highest BCUT2D eigenvalue weighted by atomic mass is 32.2. The Bertz CT molecular complexity index is 809. The second-order valence-corrected chi connectivity index (χ2v) is 7.65. The quantitative estimate of drug-likeness (QED) is 0.921. The van der Waals surface area contributed by atoms with Crippen LogP contribution in [-0.2, 0) is 9.59 Å². The topological polar surface area (TPSA) is 62.3 Å². The number of rotatable bonds is 2. The number of carbonyl (C=O) groups is 2. The van der Waals surface area contributed by atoms with E-state index in [1.54, 1.807) is 22.7 Å². The number of para-hydroxylation sites is 1. The fourth-order valence-electron chi connectivity index (χ4n) is 3.36. The average molecular weight is 327 g/mol. The van der Waals surface area contributed by atoms with Crippen molar-refractivity contribution in [3.8, 4) is 0 Å². The van der Waals surface area contributed by atoms with E-state index >= 15 is 0 Å². The number of amides is 2. The van der Waals surface area contributed by atoms with Gasteiger partial charge in [0.2, 0.25) is 11.8 Å². The van der Waals surface area contributed by atoms with Gasteiger partial charge in [-0.2, -0.15) is 0 Å². The molecule has 0 spiro atoms. The zero-order chi connectivity index (χ0) is 16.0. The van der Waals surface area contributed by atoms with Gasteiger partial charge in [-0.05, 0) is 31.5 Å². The van der Waals surface area contributed by atoms with Crippen molar-refractivity contribution in [1.29, 1.82) is 0 Å². The number of pyridine rings is 1. The molecule has 1 aromatic heterocycles. The Morgan fingerprint density at radius 1 is 1.35 bits per heavy atom. The van der Waals surface area contributed by atoms with Gasteiger partial charge in [0.15, 0.2) is 0 Å². The second-order valence-electron chi connectivity index (χ2n) is 6.14. The lowest BCUT2D eigenvalue weighted by Gasteiger charge is -2.29. The molecule has 0 aliphatic carbocycles. The molecule has 0 radical (unpaired) electrons. The number of nitrogens with one attached hydrogen (secondary N) is 1. The van der Waals surface area contributed by atoms with Gasteiger partial charge in [0.25, 0.3) is 0 Å². The Kier molecular flexibility index (Phi) is 3.30. The van der Waals surface area contributed by atoms with E-state index in [-0.39, 0.29) is 16.7 Å². The van der Waals surface area contributed by atoms with Gasteiger partial charge in [0, 0.05) is 17.6 Å². The van der Waals surface area contributed by atoms with Crippen molar-refractivity contribution in [2.24, 2.45) is 0 Å². The number of hydrogen-bond donors (Lipinski definition) is 1. The maximum atomic E-state index is 12.6. The zero-order valence-electron chi connectivity index (χ0n) is 12.8. The van der Waals surface area contributed by atoms with Crippen LogP contribution in [0.4, 0.5) is 5.82 Å². The average Bonchev–Trinajstić information content (AvgIpc) is 3.04. The van der Waals surface area contributed by atoms with Crippen LogP contribution < -0.4 is 5.32 Å². The fourth-order valence-corrected chi connectivity index (χ4v) is 4.79. The van der Waals surface area contributed by atoms with E-state index < -0.39 is 6.04 Å². The van der Waals surface area contributed by atoms with Crippen molar-refractivity contribution in [3.05, 3.63) is 36.4 Å². The van der Waals surface area contributed by atoms with Crippen molar-refractivity contribution in [1.82, 2.24) is 9.88 Å². The lowest BCUT2D eigenvalue weighted by molar-refractivity contribution is -0.135. The fraction of sp³-hybridized carbons (Fsp3) is 0.353. The molecular weight excluding hydrogens is 310 g/mol. The van der Waals surface area contributed by atoms with E-state index in [4.69, 9.17) is 0 Å². The lowest BCUT2D eigenvalue weighted by atomic mass is 10.2. The van der Waals surface area contributed by atoms with Crippen LogP contribution in [0, 0.1) is 0 Å². The summed E-state index contributed by atoms with van der Waals surface area (Å²) >= 11 is 1.69. The Morgan fingerprint density at radius 2 is 2.17 bits per heavy atom. The van der Waals surface area contributed by atoms with Crippen LogP contribution in [0.3, 0.4) is 0 Å². The van der Waals surface area contributed by atoms with Gasteiger partial charge in [-0.15, -0.1) is 11.8 Å². The number of nitrogens with zero attached hydrogens (tertiary/aromatic N) is 2. The largest absolute Gasteiger partial charge is 0.315 e. The molecule has 2 aliphatic heterocycles. The predicted octanol–water partition coefficient (Wildman–Crippen LogP) is 2.63. The first-order valence-corrected chi connectivity index (χ1v) is 8.68. The van der Waals surface area contributed by atoms with Crippen LogP contribution >= 0.6 is 11.8 Å². The first kappa shape index (κ1) is 14.5. The normalized spacial score (nSPS) is 26.6. The summed E-state index contributed by atoms with van der Waals surface area (Å²) in [5.74, 6) is 1.09. The molecule has 5 nitrogen and oxygen atoms in total. The molecule has 2 fully saturated rings. The summed E-state index contributed by atoms with van der Waals surface area (Å²) in [5.41, 5.74) is 0.841. The number of fused-ring (bicyclic) bond motifs is 2. The maximum Gasteiger partial charge on any atom is 0.249 e. The Morgan fingerprint density at radius 3 is 3.04 bits per heavy atom. The molecule has 0 bridgehead atoms. The minimum Gasteiger partial charge on any atom is -0.315 e. The number of hydrogen-bond acceptors (Lipinski definition) is 4. The molecule has 2 atom stereocenters. The molecule has 4 rings (SSSR count). The third-order valence-electron chi connectivity index (χ3n) is 4.60. The van der Waals surface area contributed by atoms with Gasteiger partial charge in [-0.25, -0.2) is 4.98 Å². The van der Waals surface area contributed by atoms with E-state index in [0.29, 0.717) is 18.0 Å². The summed E-state index contributed by atoms with van der Waals surface area (Å²) in [6.45, 7) is 2.05. The van der Waals surface area contributed by atoms with Gasteiger partial charge in [0.1, 0.15) is 11.9 Å². The third-order valence-corrected chi connectivity index (χ3v) is 6.10. The molecule has 3 heterocycles. The molecule has 2 aromatic rings. The highest BCUT2D eigenvalue weighted by Gasteiger charge is 2.52. The summed E-state index contributed by atoms with van der Waals surface area (Å²) in [5, 5.41) is 3.90. The third kappa shape index (κ3) is 2.37. The first-order chi connectivity index (χ1) is 11.1. The monoisotopic (exact) mass is 327 g/mol. The van der Waals surface area contributed by atoms with E-state index in [1.807, 2.05) is 37.3 Å². The van der Waals surface area contributed by atoms with Gasteiger partial charge >= 0.3 is 0 Å². The summed E-state index contributed by atoms with van der Waals surface area (Å²) in [6, 6.07) is 11.1. The Labute approximate surface area is 138 Å². The van der Waals surface area contributed by atoms with Gasteiger partial charge in [-0.1, -0.05) is 18.2 Å². The first-order valence-electron chi connectivity index (χ1n) is 7.70. The second kappa shape index (κ2) is 5.23. The molecule has 118 valence electrons. The molecule has 6 heteroatoms.